The Labute approximate surface area is 194 Å². The molecule has 0 unspecified atom stereocenters. The molecule has 0 fully saturated rings. The van der Waals surface area contributed by atoms with Gasteiger partial charge in [0.2, 0.25) is 0 Å². The summed E-state index contributed by atoms with van der Waals surface area (Å²) < 4.78 is 27.8. The smallest absolute Gasteiger partial charge is 0.263 e. The monoisotopic (exact) mass is 486 g/mol. The summed E-state index contributed by atoms with van der Waals surface area (Å²) in [4.78, 5) is 12.5. The average molecular weight is 487 g/mol. The van der Waals surface area contributed by atoms with Gasteiger partial charge < -0.3 is 10.6 Å². The summed E-state index contributed by atoms with van der Waals surface area (Å²) in [5, 5.41) is 6.59. The third-order valence-electron chi connectivity index (χ3n) is 4.18. The van der Waals surface area contributed by atoms with Gasteiger partial charge in [-0.1, -0.05) is 29.3 Å². The molecule has 4 rings (SSSR count). The lowest BCUT2D eigenvalue weighted by molar-refractivity contribution is 0.601. The maximum Gasteiger partial charge on any atom is 0.263 e. The second kappa shape index (κ2) is 9.39. The number of halogens is 2. The van der Waals surface area contributed by atoms with Crippen LogP contribution in [0.5, 0.6) is 0 Å². The molecule has 0 spiro atoms. The van der Waals surface area contributed by atoms with Crippen LogP contribution in [-0.2, 0) is 10.0 Å². The summed E-state index contributed by atoms with van der Waals surface area (Å²) in [7, 11) is -3.90. The number of hydrogen-bond acceptors (Lipinski definition) is 7. The SMILES string of the molecule is O=S(=O)(Nc1ccc(Nc2cc(Nc3ccccn3)ncn2)cc1)c1cc(Cl)ccc1Cl. The van der Waals surface area contributed by atoms with E-state index >= 15 is 0 Å². The Kier molecular flexibility index (Phi) is 6.40. The van der Waals surface area contributed by atoms with Gasteiger partial charge in [0.25, 0.3) is 10.0 Å². The van der Waals surface area contributed by atoms with Crippen molar-refractivity contribution < 1.29 is 8.42 Å². The van der Waals surface area contributed by atoms with E-state index in [-0.39, 0.29) is 14.9 Å². The molecule has 32 heavy (non-hydrogen) atoms. The molecule has 2 aromatic heterocycles. The normalized spacial score (nSPS) is 11.1. The molecule has 8 nitrogen and oxygen atoms in total. The molecule has 4 aromatic rings. The van der Waals surface area contributed by atoms with Crippen LogP contribution in [0.4, 0.5) is 28.8 Å². The first kappa shape index (κ1) is 21.8. The fourth-order valence-electron chi connectivity index (χ4n) is 2.72. The van der Waals surface area contributed by atoms with Gasteiger partial charge in [-0.05, 0) is 54.6 Å². The van der Waals surface area contributed by atoms with Crippen LogP contribution in [0.2, 0.25) is 10.0 Å². The zero-order valence-corrected chi connectivity index (χ0v) is 18.7. The number of hydrogen-bond donors (Lipinski definition) is 3. The summed E-state index contributed by atoms with van der Waals surface area (Å²) in [5.41, 5.74) is 1.07. The van der Waals surface area contributed by atoms with Crippen molar-refractivity contribution in [3.63, 3.8) is 0 Å². The van der Waals surface area contributed by atoms with E-state index in [2.05, 4.69) is 30.3 Å². The summed E-state index contributed by atoms with van der Waals surface area (Å²) in [6.07, 6.45) is 3.10. The van der Waals surface area contributed by atoms with Crippen molar-refractivity contribution >= 4 is 62.1 Å². The molecule has 2 aromatic carbocycles. The van der Waals surface area contributed by atoms with Crippen molar-refractivity contribution in [2.75, 3.05) is 15.4 Å². The first-order valence-electron chi connectivity index (χ1n) is 9.24. The van der Waals surface area contributed by atoms with Crippen LogP contribution in [0.3, 0.4) is 0 Å². The Bertz CT molecular complexity index is 1340. The lowest BCUT2D eigenvalue weighted by Crippen LogP contribution is -2.13. The molecule has 0 saturated heterocycles. The lowest BCUT2D eigenvalue weighted by atomic mass is 10.3. The number of anilines is 5. The molecule has 0 radical (unpaired) electrons. The van der Waals surface area contributed by atoms with E-state index in [9.17, 15) is 8.42 Å². The molecule has 0 aliphatic carbocycles. The first-order chi connectivity index (χ1) is 15.4. The molecule has 0 amide bonds. The Morgan fingerprint density at radius 3 is 2.16 bits per heavy atom. The van der Waals surface area contributed by atoms with Crippen molar-refractivity contribution in [1.29, 1.82) is 0 Å². The van der Waals surface area contributed by atoms with Crippen LogP contribution >= 0.6 is 23.2 Å². The fourth-order valence-corrected chi connectivity index (χ4v) is 4.55. The molecule has 11 heteroatoms. The van der Waals surface area contributed by atoms with E-state index in [4.69, 9.17) is 23.2 Å². The van der Waals surface area contributed by atoms with Gasteiger partial charge in [0.1, 0.15) is 28.7 Å². The van der Waals surface area contributed by atoms with Gasteiger partial charge >= 0.3 is 0 Å². The third-order valence-corrected chi connectivity index (χ3v) is 6.28. The van der Waals surface area contributed by atoms with E-state index < -0.39 is 10.0 Å². The molecule has 0 aliphatic heterocycles. The quantitative estimate of drug-likeness (QED) is 0.317. The Hall–Kier alpha value is -3.40. The molecule has 2 heterocycles. The second-order valence-corrected chi connectivity index (χ2v) is 9.01. The van der Waals surface area contributed by atoms with Crippen LogP contribution in [0, 0.1) is 0 Å². The maximum atomic E-state index is 12.6. The number of pyridine rings is 1. The highest BCUT2D eigenvalue weighted by Gasteiger charge is 2.18. The number of rotatable bonds is 7. The van der Waals surface area contributed by atoms with Gasteiger partial charge in [0, 0.05) is 28.7 Å². The Balaban J connectivity index is 1.45. The van der Waals surface area contributed by atoms with Crippen molar-refractivity contribution in [2.45, 2.75) is 4.90 Å². The largest absolute Gasteiger partial charge is 0.340 e. The Morgan fingerprint density at radius 2 is 1.44 bits per heavy atom. The average Bonchev–Trinajstić information content (AvgIpc) is 2.77. The van der Waals surface area contributed by atoms with E-state index in [0.29, 0.717) is 28.8 Å². The predicted molar refractivity (Wildman–Crippen MR) is 127 cm³/mol. The van der Waals surface area contributed by atoms with E-state index in [1.54, 1.807) is 36.5 Å². The number of nitrogens with one attached hydrogen (secondary N) is 3. The van der Waals surface area contributed by atoms with E-state index in [1.165, 1.54) is 24.5 Å². The van der Waals surface area contributed by atoms with E-state index in [1.807, 2.05) is 18.2 Å². The van der Waals surface area contributed by atoms with Crippen molar-refractivity contribution in [1.82, 2.24) is 15.0 Å². The molecule has 3 N–H and O–H groups in total. The highest BCUT2D eigenvalue weighted by Crippen LogP contribution is 2.27. The highest BCUT2D eigenvalue weighted by atomic mass is 35.5. The minimum Gasteiger partial charge on any atom is -0.340 e. The standard InChI is InChI=1S/C21H16Cl2N6O2S/c22-14-4-9-17(23)18(11-14)32(30,31)29-16-7-5-15(6-8-16)27-20-12-21(26-13-25-20)28-19-3-1-2-10-24-19/h1-13,29H,(H2,24,25,26,27,28). The van der Waals surface area contributed by atoms with Crippen molar-refractivity contribution in [2.24, 2.45) is 0 Å². The number of benzene rings is 2. The predicted octanol–water partition coefficient (Wildman–Crippen LogP) is 5.47. The Morgan fingerprint density at radius 1 is 0.719 bits per heavy atom. The molecule has 0 atom stereocenters. The number of nitrogens with zero attached hydrogens (tertiary/aromatic N) is 3. The summed E-state index contributed by atoms with van der Waals surface area (Å²) >= 11 is 11.9. The maximum absolute atomic E-state index is 12.6. The first-order valence-corrected chi connectivity index (χ1v) is 11.5. The van der Waals surface area contributed by atoms with Crippen LogP contribution < -0.4 is 15.4 Å². The molecule has 0 aliphatic rings. The van der Waals surface area contributed by atoms with Gasteiger partial charge in [-0.15, -0.1) is 0 Å². The van der Waals surface area contributed by atoms with Gasteiger partial charge in [0.15, 0.2) is 0 Å². The minimum absolute atomic E-state index is 0.0825. The molecule has 162 valence electrons. The number of aromatic nitrogens is 3. The zero-order chi connectivity index (χ0) is 22.6. The molecular formula is C21H16Cl2N6O2S. The van der Waals surface area contributed by atoms with Crippen LogP contribution in [0.15, 0.2) is 84.1 Å². The number of sulfonamides is 1. The van der Waals surface area contributed by atoms with Gasteiger partial charge in [-0.25, -0.2) is 23.4 Å². The zero-order valence-electron chi connectivity index (χ0n) is 16.3. The van der Waals surface area contributed by atoms with Gasteiger partial charge in [-0.3, -0.25) is 4.72 Å². The van der Waals surface area contributed by atoms with Crippen molar-refractivity contribution in [3.05, 3.63) is 89.3 Å². The molecular weight excluding hydrogens is 471 g/mol. The lowest BCUT2D eigenvalue weighted by Gasteiger charge is -2.11. The van der Waals surface area contributed by atoms with Gasteiger partial charge in [-0.2, -0.15) is 0 Å². The summed E-state index contributed by atoms with van der Waals surface area (Å²) in [6.45, 7) is 0. The van der Waals surface area contributed by atoms with Crippen LogP contribution in [-0.4, -0.2) is 23.4 Å². The summed E-state index contributed by atoms with van der Waals surface area (Å²) in [5.74, 6) is 1.79. The third kappa shape index (κ3) is 5.44. The second-order valence-electron chi connectivity index (χ2n) is 6.51. The highest BCUT2D eigenvalue weighted by molar-refractivity contribution is 7.92. The minimum atomic E-state index is -3.90. The van der Waals surface area contributed by atoms with Crippen LogP contribution in [0.25, 0.3) is 0 Å². The summed E-state index contributed by atoms with van der Waals surface area (Å²) in [6, 6.07) is 18.2. The van der Waals surface area contributed by atoms with Gasteiger partial charge in [0.05, 0.1) is 5.02 Å². The van der Waals surface area contributed by atoms with E-state index in [0.717, 1.165) is 0 Å². The van der Waals surface area contributed by atoms with Crippen molar-refractivity contribution in [3.8, 4) is 0 Å². The fraction of sp³-hybridized carbons (Fsp3) is 0. The molecule has 0 bridgehead atoms. The molecule has 0 saturated carbocycles. The topological polar surface area (TPSA) is 109 Å². The van der Waals surface area contributed by atoms with Crippen LogP contribution in [0.1, 0.15) is 0 Å².